The summed E-state index contributed by atoms with van der Waals surface area (Å²) in [5.74, 6) is 4.97. The lowest BCUT2D eigenvalue weighted by atomic mass is 9.99. The molecule has 1 fully saturated rings. The van der Waals surface area contributed by atoms with Crippen molar-refractivity contribution in [1.82, 2.24) is 0 Å². The van der Waals surface area contributed by atoms with Crippen molar-refractivity contribution in [1.29, 1.82) is 0 Å². The topological polar surface area (TPSA) is 219 Å². The molecular formula is C12H24N2O10. The number of rotatable bonds is 8. The summed E-state index contributed by atoms with van der Waals surface area (Å²) in [6.45, 7) is -1.53. The molecule has 1 aliphatic rings. The van der Waals surface area contributed by atoms with Crippen LogP contribution in [0.3, 0.4) is 0 Å². The number of hydrazone groups is 1. The number of aliphatic hydroxyl groups excluding tert-OH is 8. The molecule has 10 N–H and O–H groups in total. The lowest BCUT2D eigenvalue weighted by Gasteiger charge is -2.41. The van der Waals surface area contributed by atoms with Gasteiger partial charge in [0.25, 0.3) is 0 Å². The molecule has 1 rings (SSSR count). The Hall–Kier alpha value is -0.930. The molecule has 0 aliphatic carbocycles. The minimum atomic E-state index is -1.84. The van der Waals surface area contributed by atoms with Gasteiger partial charge in [-0.15, -0.1) is 0 Å². The van der Waals surface area contributed by atoms with E-state index in [-0.39, 0.29) is 0 Å². The van der Waals surface area contributed by atoms with Gasteiger partial charge < -0.3 is 56.2 Å². The van der Waals surface area contributed by atoms with E-state index >= 15 is 0 Å². The van der Waals surface area contributed by atoms with Crippen molar-refractivity contribution in [2.45, 2.75) is 55.1 Å². The van der Waals surface area contributed by atoms with Gasteiger partial charge >= 0.3 is 0 Å². The number of ether oxygens (including phenoxy) is 2. The molecule has 0 saturated carbocycles. The first-order valence-corrected chi connectivity index (χ1v) is 7.12. The van der Waals surface area contributed by atoms with Crippen molar-refractivity contribution >= 4 is 6.21 Å². The molecule has 142 valence electrons. The van der Waals surface area contributed by atoms with E-state index in [1.165, 1.54) is 0 Å². The van der Waals surface area contributed by atoms with Crippen LogP contribution in [0.15, 0.2) is 5.10 Å². The van der Waals surface area contributed by atoms with Crippen molar-refractivity contribution < 1.29 is 50.3 Å². The zero-order valence-electron chi connectivity index (χ0n) is 12.6. The number of nitrogens with two attached hydrogens (primary N) is 1. The highest BCUT2D eigenvalue weighted by Gasteiger charge is 2.45. The summed E-state index contributed by atoms with van der Waals surface area (Å²) in [4.78, 5) is 0. The van der Waals surface area contributed by atoms with Gasteiger partial charge in [0.2, 0.25) is 0 Å². The Labute approximate surface area is 137 Å². The molecule has 9 atom stereocenters. The third-order valence-electron chi connectivity index (χ3n) is 3.64. The highest BCUT2D eigenvalue weighted by molar-refractivity contribution is 5.63. The Morgan fingerprint density at radius 3 is 2.17 bits per heavy atom. The van der Waals surface area contributed by atoms with Crippen LogP contribution >= 0.6 is 0 Å². The first-order valence-electron chi connectivity index (χ1n) is 7.12. The molecule has 0 unspecified atom stereocenters. The van der Waals surface area contributed by atoms with Crippen molar-refractivity contribution in [3.63, 3.8) is 0 Å². The van der Waals surface area contributed by atoms with E-state index in [9.17, 15) is 30.6 Å². The Bertz CT molecular complexity index is 398. The highest BCUT2D eigenvalue weighted by Crippen LogP contribution is 2.23. The molecule has 0 radical (unpaired) electrons. The van der Waals surface area contributed by atoms with Crippen LogP contribution in [0.1, 0.15) is 0 Å². The normalized spacial score (nSPS) is 36.4. The molecule has 1 saturated heterocycles. The van der Waals surface area contributed by atoms with Crippen LogP contribution in [0.5, 0.6) is 0 Å². The van der Waals surface area contributed by atoms with Gasteiger partial charge in [-0.05, 0) is 0 Å². The fourth-order valence-corrected chi connectivity index (χ4v) is 2.15. The third-order valence-corrected chi connectivity index (χ3v) is 3.64. The van der Waals surface area contributed by atoms with E-state index in [4.69, 9.17) is 25.5 Å². The second kappa shape index (κ2) is 9.53. The van der Waals surface area contributed by atoms with Crippen LogP contribution < -0.4 is 5.84 Å². The SMILES string of the molecule is NN=C[C@H](O[C@@H]1O[C@H](CO)[C@@H](O)[C@H](O)[C@H]1O)[C@@H](O)[C@H](O)[C@H](O)CO. The molecular weight excluding hydrogens is 332 g/mol. The van der Waals surface area contributed by atoms with Crippen LogP contribution in [0.4, 0.5) is 0 Å². The molecule has 0 bridgehead atoms. The summed E-state index contributed by atoms with van der Waals surface area (Å²) in [6.07, 6.45) is -13.9. The largest absolute Gasteiger partial charge is 0.394 e. The smallest absolute Gasteiger partial charge is 0.187 e. The molecule has 0 spiro atoms. The molecule has 0 aromatic heterocycles. The lowest BCUT2D eigenvalue weighted by molar-refractivity contribution is -0.312. The van der Waals surface area contributed by atoms with Crippen molar-refractivity contribution in [2.24, 2.45) is 10.9 Å². The maximum Gasteiger partial charge on any atom is 0.187 e. The summed E-state index contributed by atoms with van der Waals surface area (Å²) in [7, 11) is 0. The minimum absolute atomic E-state index is 0.686. The predicted molar refractivity (Wildman–Crippen MR) is 76.4 cm³/mol. The van der Waals surface area contributed by atoms with E-state index < -0.39 is 68.3 Å². The van der Waals surface area contributed by atoms with E-state index in [2.05, 4.69) is 5.10 Å². The Kier molecular flexibility index (Phi) is 8.38. The number of hydrogen-bond donors (Lipinski definition) is 9. The zero-order chi connectivity index (χ0) is 18.4. The van der Waals surface area contributed by atoms with Crippen LogP contribution in [0.25, 0.3) is 0 Å². The van der Waals surface area contributed by atoms with Gasteiger partial charge in [0, 0.05) is 0 Å². The quantitative estimate of drug-likeness (QED) is 0.113. The Balaban J connectivity index is 2.87. The van der Waals surface area contributed by atoms with Crippen LogP contribution in [0.2, 0.25) is 0 Å². The minimum Gasteiger partial charge on any atom is -0.394 e. The van der Waals surface area contributed by atoms with Crippen molar-refractivity contribution in [2.75, 3.05) is 13.2 Å². The molecule has 12 heteroatoms. The molecule has 0 amide bonds. The van der Waals surface area contributed by atoms with Crippen molar-refractivity contribution in [3.05, 3.63) is 0 Å². The molecule has 0 aromatic rings. The summed E-state index contributed by atoms with van der Waals surface area (Å²) < 4.78 is 10.3. The first kappa shape index (κ1) is 21.1. The third kappa shape index (κ3) is 4.80. The fourth-order valence-electron chi connectivity index (χ4n) is 2.15. The van der Waals surface area contributed by atoms with Gasteiger partial charge in [-0.1, -0.05) is 0 Å². The van der Waals surface area contributed by atoms with Crippen LogP contribution in [-0.4, -0.2) is 115 Å². The Morgan fingerprint density at radius 2 is 1.67 bits per heavy atom. The number of nitrogens with zero attached hydrogens (tertiary/aromatic N) is 1. The van der Waals surface area contributed by atoms with E-state index in [1.807, 2.05) is 0 Å². The average molecular weight is 356 g/mol. The Morgan fingerprint density at radius 1 is 1.04 bits per heavy atom. The van der Waals surface area contributed by atoms with Gasteiger partial charge in [0.05, 0.1) is 19.4 Å². The van der Waals surface area contributed by atoms with E-state index in [0.717, 1.165) is 6.21 Å². The molecule has 24 heavy (non-hydrogen) atoms. The van der Waals surface area contributed by atoms with Gasteiger partial charge in [-0.25, -0.2) is 0 Å². The maximum absolute atomic E-state index is 9.98. The van der Waals surface area contributed by atoms with Gasteiger partial charge in [-0.2, -0.15) is 5.10 Å². The number of aliphatic hydroxyl groups is 8. The standard InChI is InChI=1S/C12H24N2O10/c13-14-1-5(8(19)7(18)4(17)2-15)23-12-11(22)10(21)9(20)6(3-16)24-12/h1,4-12,15-22H,2-3,13H2/t4-,5+,6-,7-,8-,9-,10+,11-,12-/m1/s1. The summed E-state index contributed by atoms with van der Waals surface area (Å²) in [5.41, 5.74) is 0. The fraction of sp³-hybridized carbons (Fsp3) is 0.917. The summed E-state index contributed by atoms with van der Waals surface area (Å²) in [5, 5.41) is 79.2. The van der Waals surface area contributed by atoms with Gasteiger partial charge in [0.15, 0.2) is 6.29 Å². The second-order valence-electron chi connectivity index (χ2n) is 5.33. The second-order valence-corrected chi connectivity index (χ2v) is 5.33. The van der Waals surface area contributed by atoms with E-state index in [1.54, 1.807) is 0 Å². The summed E-state index contributed by atoms with van der Waals surface area (Å²) in [6, 6.07) is 0. The molecule has 1 heterocycles. The first-order chi connectivity index (χ1) is 11.3. The number of hydrogen-bond acceptors (Lipinski definition) is 12. The molecule has 12 nitrogen and oxygen atoms in total. The lowest BCUT2D eigenvalue weighted by Crippen LogP contribution is -2.60. The summed E-state index contributed by atoms with van der Waals surface area (Å²) >= 11 is 0. The van der Waals surface area contributed by atoms with E-state index in [0.29, 0.717) is 0 Å². The molecule has 1 aliphatic heterocycles. The van der Waals surface area contributed by atoms with Crippen LogP contribution in [-0.2, 0) is 9.47 Å². The molecule has 0 aromatic carbocycles. The van der Waals surface area contributed by atoms with Crippen molar-refractivity contribution in [3.8, 4) is 0 Å². The zero-order valence-corrected chi connectivity index (χ0v) is 12.6. The maximum atomic E-state index is 9.98. The predicted octanol–water partition coefficient (Wildman–Crippen LogP) is -5.81. The van der Waals surface area contributed by atoms with Crippen LogP contribution in [0, 0.1) is 0 Å². The highest BCUT2D eigenvalue weighted by atomic mass is 16.7. The monoisotopic (exact) mass is 356 g/mol. The van der Waals surface area contributed by atoms with Gasteiger partial charge in [0.1, 0.15) is 48.8 Å². The van der Waals surface area contributed by atoms with Gasteiger partial charge in [-0.3, -0.25) is 0 Å². The average Bonchev–Trinajstić information content (AvgIpc) is 2.59.